The summed E-state index contributed by atoms with van der Waals surface area (Å²) < 4.78 is 0. The van der Waals surface area contributed by atoms with Crippen LogP contribution in [0.5, 0.6) is 0 Å². The van der Waals surface area contributed by atoms with Crippen molar-refractivity contribution >= 4 is 35.0 Å². The van der Waals surface area contributed by atoms with Crippen molar-refractivity contribution in [1.82, 2.24) is 10.2 Å². The molecule has 2 amide bonds. The molecule has 0 spiro atoms. The van der Waals surface area contributed by atoms with Gasteiger partial charge in [-0.15, -0.1) is 0 Å². The SMILES string of the molecule is CCc1ccc(CCC(=O)N(Cc2ccc(Cl)c(Cl)c2)C(CC)C(=O)NCC(C)C)cc1. The van der Waals surface area contributed by atoms with E-state index in [1.54, 1.807) is 17.0 Å². The van der Waals surface area contributed by atoms with Crippen molar-refractivity contribution in [2.45, 2.75) is 66.0 Å². The first-order valence-electron chi connectivity index (χ1n) is 11.3. The largest absolute Gasteiger partial charge is 0.354 e. The van der Waals surface area contributed by atoms with Crippen LogP contribution in [-0.2, 0) is 29.0 Å². The van der Waals surface area contributed by atoms with E-state index in [2.05, 4.69) is 36.5 Å². The summed E-state index contributed by atoms with van der Waals surface area (Å²) in [4.78, 5) is 27.9. The minimum Gasteiger partial charge on any atom is -0.354 e. The molecule has 0 aliphatic rings. The summed E-state index contributed by atoms with van der Waals surface area (Å²) >= 11 is 12.2. The van der Waals surface area contributed by atoms with E-state index in [4.69, 9.17) is 23.2 Å². The zero-order valence-corrected chi connectivity index (χ0v) is 21.0. The van der Waals surface area contributed by atoms with Gasteiger partial charge in [-0.25, -0.2) is 0 Å². The number of aryl methyl sites for hydroxylation is 2. The van der Waals surface area contributed by atoms with E-state index in [1.807, 2.05) is 26.8 Å². The maximum absolute atomic E-state index is 13.3. The predicted octanol–water partition coefficient (Wildman–Crippen LogP) is 6.07. The molecule has 4 nitrogen and oxygen atoms in total. The van der Waals surface area contributed by atoms with Crippen molar-refractivity contribution < 1.29 is 9.59 Å². The van der Waals surface area contributed by atoms with E-state index in [1.165, 1.54) is 5.56 Å². The number of nitrogens with one attached hydrogen (secondary N) is 1. The van der Waals surface area contributed by atoms with Crippen LogP contribution in [-0.4, -0.2) is 29.3 Å². The van der Waals surface area contributed by atoms with Gasteiger partial charge in [-0.3, -0.25) is 9.59 Å². The van der Waals surface area contributed by atoms with E-state index in [-0.39, 0.29) is 11.8 Å². The van der Waals surface area contributed by atoms with Crippen molar-refractivity contribution in [3.8, 4) is 0 Å². The molecular formula is C26H34Cl2N2O2. The highest BCUT2D eigenvalue weighted by molar-refractivity contribution is 6.42. The van der Waals surface area contributed by atoms with Gasteiger partial charge in [-0.05, 0) is 54.0 Å². The maximum atomic E-state index is 13.3. The zero-order chi connectivity index (χ0) is 23.7. The Morgan fingerprint density at radius 2 is 1.56 bits per heavy atom. The standard InChI is InChI=1S/C26H34Cl2N2O2/c1-5-19-7-9-20(10-8-19)12-14-25(31)30(17-21-11-13-22(27)23(28)15-21)24(6-2)26(32)29-16-18(3)4/h7-11,13,15,18,24H,5-6,12,14,16-17H2,1-4H3,(H,29,32). The quantitative estimate of drug-likeness (QED) is 0.427. The molecule has 0 aromatic heterocycles. The van der Waals surface area contributed by atoms with Crippen LogP contribution in [0.25, 0.3) is 0 Å². The first kappa shape index (κ1) is 26.2. The first-order valence-corrected chi connectivity index (χ1v) is 12.1. The highest BCUT2D eigenvalue weighted by Gasteiger charge is 2.28. The number of rotatable bonds is 11. The van der Waals surface area contributed by atoms with Crippen molar-refractivity contribution in [1.29, 1.82) is 0 Å². The summed E-state index contributed by atoms with van der Waals surface area (Å²) in [7, 11) is 0. The normalized spacial score (nSPS) is 12.0. The fourth-order valence-corrected chi connectivity index (χ4v) is 3.83. The number of amides is 2. The molecule has 0 aliphatic carbocycles. The third-order valence-electron chi connectivity index (χ3n) is 5.47. The Morgan fingerprint density at radius 3 is 2.12 bits per heavy atom. The van der Waals surface area contributed by atoms with Crippen molar-refractivity contribution in [2.24, 2.45) is 5.92 Å². The number of halogens is 2. The van der Waals surface area contributed by atoms with Crippen molar-refractivity contribution in [3.05, 3.63) is 69.2 Å². The Kier molecular flexibility index (Phi) is 10.5. The van der Waals surface area contributed by atoms with Gasteiger partial charge in [-0.1, -0.05) is 81.2 Å². The Labute approximate surface area is 202 Å². The third-order valence-corrected chi connectivity index (χ3v) is 6.21. The van der Waals surface area contributed by atoms with E-state index < -0.39 is 6.04 Å². The molecule has 0 radical (unpaired) electrons. The van der Waals surface area contributed by atoms with Gasteiger partial charge in [0.05, 0.1) is 10.0 Å². The van der Waals surface area contributed by atoms with Gasteiger partial charge in [0.15, 0.2) is 0 Å². The number of benzene rings is 2. The van der Waals surface area contributed by atoms with Crippen LogP contribution >= 0.6 is 23.2 Å². The molecule has 2 aromatic carbocycles. The molecule has 0 saturated carbocycles. The molecule has 6 heteroatoms. The van der Waals surface area contributed by atoms with E-state index in [9.17, 15) is 9.59 Å². The van der Waals surface area contributed by atoms with E-state index in [0.717, 1.165) is 17.5 Å². The molecule has 174 valence electrons. The second-order valence-corrected chi connectivity index (χ2v) is 9.32. The summed E-state index contributed by atoms with van der Waals surface area (Å²) in [6.07, 6.45) is 2.48. The summed E-state index contributed by atoms with van der Waals surface area (Å²) in [5.74, 6) is 0.158. The lowest BCUT2D eigenvalue weighted by atomic mass is 10.0. The summed E-state index contributed by atoms with van der Waals surface area (Å²) in [6.45, 7) is 9.02. The van der Waals surface area contributed by atoms with Crippen LogP contribution in [0.2, 0.25) is 10.0 Å². The Hall–Kier alpha value is -2.04. The lowest BCUT2D eigenvalue weighted by Crippen LogP contribution is -2.49. The van der Waals surface area contributed by atoms with Crippen molar-refractivity contribution in [3.63, 3.8) is 0 Å². The number of carbonyl (C=O) groups is 2. The van der Waals surface area contributed by atoms with E-state index in [0.29, 0.717) is 48.3 Å². The molecule has 1 atom stereocenters. The molecular weight excluding hydrogens is 443 g/mol. The van der Waals surface area contributed by atoms with Crippen LogP contribution in [0.4, 0.5) is 0 Å². The molecule has 2 rings (SSSR count). The second kappa shape index (κ2) is 12.9. The van der Waals surface area contributed by atoms with Crippen LogP contribution < -0.4 is 5.32 Å². The number of hydrogen-bond donors (Lipinski definition) is 1. The van der Waals surface area contributed by atoms with Gasteiger partial charge >= 0.3 is 0 Å². The second-order valence-electron chi connectivity index (χ2n) is 8.50. The molecule has 0 bridgehead atoms. The molecule has 1 unspecified atom stereocenters. The van der Waals surface area contributed by atoms with Crippen LogP contribution in [0, 0.1) is 5.92 Å². The summed E-state index contributed by atoms with van der Waals surface area (Å²) in [6, 6.07) is 13.1. The Morgan fingerprint density at radius 1 is 0.938 bits per heavy atom. The van der Waals surface area contributed by atoms with Gasteiger partial charge in [-0.2, -0.15) is 0 Å². The smallest absolute Gasteiger partial charge is 0.242 e. The van der Waals surface area contributed by atoms with Gasteiger partial charge in [0.2, 0.25) is 11.8 Å². The van der Waals surface area contributed by atoms with Crippen LogP contribution in [0.1, 0.15) is 57.2 Å². The minimum absolute atomic E-state index is 0.0535. The molecule has 0 heterocycles. The van der Waals surface area contributed by atoms with E-state index >= 15 is 0 Å². The van der Waals surface area contributed by atoms with Gasteiger partial charge < -0.3 is 10.2 Å². The molecule has 0 fully saturated rings. The predicted molar refractivity (Wildman–Crippen MR) is 133 cm³/mol. The first-order chi connectivity index (χ1) is 15.2. The van der Waals surface area contributed by atoms with Crippen molar-refractivity contribution in [2.75, 3.05) is 6.54 Å². The maximum Gasteiger partial charge on any atom is 0.242 e. The average Bonchev–Trinajstić information content (AvgIpc) is 2.78. The molecule has 0 saturated heterocycles. The topological polar surface area (TPSA) is 49.4 Å². The highest BCUT2D eigenvalue weighted by atomic mass is 35.5. The number of hydrogen-bond acceptors (Lipinski definition) is 2. The highest BCUT2D eigenvalue weighted by Crippen LogP contribution is 2.24. The third kappa shape index (κ3) is 7.83. The number of nitrogens with zero attached hydrogens (tertiary/aromatic N) is 1. The van der Waals surface area contributed by atoms with Gasteiger partial charge in [0.25, 0.3) is 0 Å². The Balaban J connectivity index is 2.20. The molecule has 32 heavy (non-hydrogen) atoms. The van der Waals surface area contributed by atoms with Gasteiger partial charge in [0, 0.05) is 19.5 Å². The fraction of sp³-hybridized carbons (Fsp3) is 0.462. The fourth-order valence-electron chi connectivity index (χ4n) is 3.51. The summed E-state index contributed by atoms with van der Waals surface area (Å²) in [5.41, 5.74) is 3.23. The monoisotopic (exact) mass is 476 g/mol. The molecule has 2 aromatic rings. The molecule has 0 aliphatic heterocycles. The Bertz CT molecular complexity index is 897. The average molecular weight is 477 g/mol. The lowest BCUT2D eigenvalue weighted by molar-refractivity contribution is -0.141. The summed E-state index contributed by atoms with van der Waals surface area (Å²) in [5, 5.41) is 3.88. The lowest BCUT2D eigenvalue weighted by Gasteiger charge is -2.31. The van der Waals surface area contributed by atoms with Gasteiger partial charge in [0.1, 0.15) is 6.04 Å². The minimum atomic E-state index is -0.543. The molecule has 1 N–H and O–H groups in total. The van der Waals surface area contributed by atoms with Crippen LogP contribution in [0.3, 0.4) is 0 Å². The zero-order valence-electron chi connectivity index (χ0n) is 19.5. The van der Waals surface area contributed by atoms with Crippen LogP contribution in [0.15, 0.2) is 42.5 Å². The number of carbonyl (C=O) groups excluding carboxylic acids is 2.